The maximum Gasteiger partial charge on any atom is 0.224 e. The summed E-state index contributed by atoms with van der Waals surface area (Å²) in [5, 5.41) is 2.99. The van der Waals surface area contributed by atoms with Crippen LogP contribution in [0.2, 0.25) is 0 Å². The molecule has 0 aliphatic carbocycles. The summed E-state index contributed by atoms with van der Waals surface area (Å²) in [6.07, 6.45) is 2.32. The van der Waals surface area contributed by atoms with Gasteiger partial charge in [-0.15, -0.1) is 11.6 Å². The summed E-state index contributed by atoms with van der Waals surface area (Å²) in [6.45, 7) is 4.05. The molecule has 1 amide bonds. The first-order valence-corrected chi connectivity index (χ1v) is 6.56. The van der Waals surface area contributed by atoms with Gasteiger partial charge in [-0.1, -0.05) is 29.8 Å². The largest absolute Gasteiger partial charge is 0.353 e. The maximum absolute atomic E-state index is 11.8. The van der Waals surface area contributed by atoms with E-state index in [2.05, 4.69) is 5.32 Å². The van der Waals surface area contributed by atoms with Gasteiger partial charge in [0, 0.05) is 11.9 Å². The van der Waals surface area contributed by atoms with Crippen LogP contribution in [-0.4, -0.2) is 17.8 Å². The Balaban J connectivity index is 2.39. The summed E-state index contributed by atoms with van der Waals surface area (Å²) < 4.78 is 0. The molecule has 0 spiro atoms. The number of hydrogen-bond acceptors (Lipinski definition) is 1. The van der Waals surface area contributed by atoms with E-state index in [0.717, 1.165) is 18.4 Å². The number of rotatable bonds is 6. The monoisotopic (exact) mass is 253 g/mol. The Morgan fingerprint density at radius 3 is 2.88 bits per heavy atom. The lowest BCUT2D eigenvalue weighted by Gasteiger charge is -2.13. The van der Waals surface area contributed by atoms with Crippen LogP contribution in [-0.2, 0) is 11.2 Å². The molecule has 3 heteroatoms. The van der Waals surface area contributed by atoms with Crippen LogP contribution < -0.4 is 5.32 Å². The molecule has 1 atom stereocenters. The van der Waals surface area contributed by atoms with Gasteiger partial charge in [0.15, 0.2) is 0 Å². The Bertz CT molecular complexity index is 365. The molecule has 2 nitrogen and oxygen atoms in total. The first-order valence-electron chi connectivity index (χ1n) is 6.02. The summed E-state index contributed by atoms with van der Waals surface area (Å²) in [4.78, 5) is 11.8. The highest BCUT2D eigenvalue weighted by atomic mass is 35.5. The third-order valence-corrected chi connectivity index (χ3v) is 2.89. The van der Waals surface area contributed by atoms with Gasteiger partial charge in [0.1, 0.15) is 0 Å². The maximum atomic E-state index is 11.8. The average molecular weight is 254 g/mol. The van der Waals surface area contributed by atoms with E-state index < -0.39 is 0 Å². The fraction of sp³-hybridized carbons (Fsp3) is 0.500. The van der Waals surface area contributed by atoms with Gasteiger partial charge in [0.2, 0.25) is 5.91 Å². The van der Waals surface area contributed by atoms with Crippen molar-refractivity contribution in [2.45, 2.75) is 39.2 Å². The third-order valence-electron chi connectivity index (χ3n) is 2.63. The molecule has 1 unspecified atom stereocenters. The van der Waals surface area contributed by atoms with Crippen LogP contribution in [0.15, 0.2) is 24.3 Å². The molecule has 0 aliphatic heterocycles. The second-order valence-electron chi connectivity index (χ2n) is 4.47. The van der Waals surface area contributed by atoms with Gasteiger partial charge < -0.3 is 5.32 Å². The van der Waals surface area contributed by atoms with Gasteiger partial charge in [-0.2, -0.15) is 0 Å². The van der Waals surface area contributed by atoms with E-state index in [0.29, 0.717) is 12.3 Å². The highest BCUT2D eigenvalue weighted by molar-refractivity contribution is 6.17. The third kappa shape index (κ3) is 5.73. The quantitative estimate of drug-likeness (QED) is 0.776. The zero-order valence-electron chi connectivity index (χ0n) is 10.5. The number of aryl methyl sites for hydroxylation is 1. The van der Waals surface area contributed by atoms with Crippen molar-refractivity contribution in [3.8, 4) is 0 Å². The summed E-state index contributed by atoms with van der Waals surface area (Å²) >= 11 is 5.62. The average Bonchev–Trinajstić information content (AvgIpc) is 2.26. The molecule has 0 aliphatic rings. The van der Waals surface area contributed by atoms with Crippen LogP contribution in [0.4, 0.5) is 0 Å². The molecule has 0 fully saturated rings. The van der Waals surface area contributed by atoms with Crippen molar-refractivity contribution < 1.29 is 4.79 Å². The number of halogens is 1. The van der Waals surface area contributed by atoms with Crippen molar-refractivity contribution in [3.63, 3.8) is 0 Å². The van der Waals surface area contributed by atoms with E-state index in [1.165, 1.54) is 5.56 Å². The number of carbonyl (C=O) groups excluding carboxylic acids is 1. The van der Waals surface area contributed by atoms with Gasteiger partial charge >= 0.3 is 0 Å². The minimum atomic E-state index is 0.0812. The molecule has 94 valence electrons. The normalized spacial score (nSPS) is 12.2. The van der Waals surface area contributed by atoms with E-state index in [9.17, 15) is 4.79 Å². The summed E-state index contributed by atoms with van der Waals surface area (Å²) in [6, 6.07) is 8.24. The second kappa shape index (κ2) is 7.33. The topological polar surface area (TPSA) is 29.1 Å². The molecule has 0 saturated carbocycles. The van der Waals surface area contributed by atoms with Crippen LogP contribution in [0.3, 0.4) is 0 Å². The van der Waals surface area contributed by atoms with Gasteiger partial charge in [-0.05, 0) is 32.3 Å². The van der Waals surface area contributed by atoms with E-state index in [-0.39, 0.29) is 11.9 Å². The second-order valence-corrected chi connectivity index (χ2v) is 4.84. The fourth-order valence-electron chi connectivity index (χ4n) is 1.79. The fourth-order valence-corrected chi connectivity index (χ4v) is 1.94. The molecule has 0 heterocycles. The van der Waals surface area contributed by atoms with Gasteiger partial charge in [0.25, 0.3) is 0 Å². The van der Waals surface area contributed by atoms with E-state index in [4.69, 9.17) is 11.6 Å². The van der Waals surface area contributed by atoms with E-state index in [1.807, 2.05) is 38.1 Å². The van der Waals surface area contributed by atoms with Gasteiger partial charge in [-0.3, -0.25) is 4.79 Å². The molecule has 1 rings (SSSR count). The lowest BCUT2D eigenvalue weighted by Crippen LogP contribution is -2.33. The highest BCUT2D eigenvalue weighted by Crippen LogP contribution is 2.05. The molecule has 0 radical (unpaired) electrons. The predicted octanol–water partition coefficient (Wildman–Crippen LogP) is 3.06. The number of hydrogen-bond donors (Lipinski definition) is 1. The first kappa shape index (κ1) is 14.0. The number of carbonyl (C=O) groups is 1. The first-order chi connectivity index (χ1) is 8.11. The highest BCUT2D eigenvalue weighted by Gasteiger charge is 2.07. The minimum absolute atomic E-state index is 0.0812. The van der Waals surface area contributed by atoms with Crippen LogP contribution in [0.1, 0.15) is 30.9 Å². The predicted molar refractivity (Wildman–Crippen MR) is 72.4 cm³/mol. The minimum Gasteiger partial charge on any atom is -0.353 e. The summed E-state index contributed by atoms with van der Waals surface area (Å²) in [7, 11) is 0. The summed E-state index contributed by atoms with van der Waals surface area (Å²) in [5.41, 5.74) is 2.25. The standard InChI is InChI=1S/C14H20ClNO/c1-11-5-3-7-13(9-11)10-14(17)16-12(2)6-4-8-15/h3,5,7,9,12H,4,6,8,10H2,1-2H3,(H,16,17). The van der Waals surface area contributed by atoms with Crippen LogP contribution >= 0.6 is 11.6 Å². The van der Waals surface area contributed by atoms with E-state index in [1.54, 1.807) is 0 Å². The van der Waals surface area contributed by atoms with Crippen LogP contribution in [0.5, 0.6) is 0 Å². The van der Waals surface area contributed by atoms with Gasteiger partial charge in [0.05, 0.1) is 6.42 Å². The molecular formula is C14H20ClNO. The number of benzene rings is 1. The van der Waals surface area contributed by atoms with Crippen molar-refractivity contribution in [3.05, 3.63) is 35.4 Å². The lowest BCUT2D eigenvalue weighted by molar-refractivity contribution is -0.121. The number of amides is 1. The summed E-state index contributed by atoms with van der Waals surface area (Å²) in [5.74, 6) is 0.732. The molecule has 1 aromatic rings. The molecule has 1 N–H and O–H groups in total. The van der Waals surface area contributed by atoms with Crippen LogP contribution in [0.25, 0.3) is 0 Å². The zero-order valence-corrected chi connectivity index (χ0v) is 11.3. The Morgan fingerprint density at radius 1 is 1.47 bits per heavy atom. The van der Waals surface area contributed by atoms with Crippen molar-refractivity contribution >= 4 is 17.5 Å². The number of alkyl halides is 1. The smallest absolute Gasteiger partial charge is 0.224 e. The van der Waals surface area contributed by atoms with Crippen molar-refractivity contribution in [1.82, 2.24) is 5.32 Å². The SMILES string of the molecule is Cc1cccc(CC(=O)NC(C)CCCCl)c1. The van der Waals surface area contributed by atoms with Crippen molar-refractivity contribution in [2.24, 2.45) is 0 Å². The number of nitrogens with one attached hydrogen (secondary N) is 1. The Hall–Kier alpha value is -1.02. The molecule has 0 bridgehead atoms. The Morgan fingerprint density at radius 2 is 2.24 bits per heavy atom. The van der Waals surface area contributed by atoms with Gasteiger partial charge in [-0.25, -0.2) is 0 Å². The lowest BCUT2D eigenvalue weighted by atomic mass is 10.1. The van der Waals surface area contributed by atoms with E-state index >= 15 is 0 Å². The van der Waals surface area contributed by atoms with Crippen LogP contribution in [0, 0.1) is 6.92 Å². The Kier molecular flexibility index (Phi) is 6.06. The van der Waals surface area contributed by atoms with Crippen molar-refractivity contribution in [1.29, 1.82) is 0 Å². The Labute approximate surface area is 108 Å². The molecule has 17 heavy (non-hydrogen) atoms. The molecule has 0 saturated heterocycles. The molecular weight excluding hydrogens is 234 g/mol. The molecule has 0 aromatic heterocycles. The molecule has 1 aromatic carbocycles. The zero-order chi connectivity index (χ0) is 12.7. The van der Waals surface area contributed by atoms with Crippen molar-refractivity contribution in [2.75, 3.05) is 5.88 Å².